The highest BCUT2D eigenvalue weighted by molar-refractivity contribution is 7.91. The number of carbonyl (C=O) groups excluding carboxylic acids is 1. The van der Waals surface area contributed by atoms with Crippen LogP contribution >= 0.6 is 0 Å². The van der Waals surface area contributed by atoms with Crippen molar-refractivity contribution in [2.45, 2.75) is 31.7 Å². The van der Waals surface area contributed by atoms with E-state index in [0.29, 0.717) is 19.4 Å². The number of aliphatic carboxylic acids is 1. The van der Waals surface area contributed by atoms with E-state index in [1.54, 1.807) is 6.92 Å². The molecule has 1 aliphatic rings. The highest BCUT2D eigenvalue weighted by Crippen LogP contribution is 2.22. The van der Waals surface area contributed by atoms with Crippen LogP contribution in [0.1, 0.15) is 26.2 Å². The maximum Gasteiger partial charge on any atom is 0.303 e. The second-order valence-electron chi connectivity index (χ2n) is 5.12. The molecule has 0 aromatic heterocycles. The van der Waals surface area contributed by atoms with E-state index in [0.717, 1.165) is 0 Å². The lowest BCUT2D eigenvalue weighted by atomic mass is 10.0. The van der Waals surface area contributed by atoms with Gasteiger partial charge in [0.05, 0.1) is 23.6 Å². The summed E-state index contributed by atoms with van der Waals surface area (Å²) in [5.41, 5.74) is -0.682. The van der Waals surface area contributed by atoms with Gasteiger partial charge in [0.25, 0.3) is 0 Å². The van der Waals surface area contributed by atoms with Gasteiger partial charge in [-0.05, 0) is 26.3 Å². The van der Waals surface area contributed by atoms with E-state index in [4.69, 9.17) is 5.11 Å². The molecule has 8 heteroatoms. The summed E-state index contributed by atoms with van der Waals surface area (Å²) in [7, 11) is -3.04. The van der Waals surface area contributed by atoms with Crippen LogP contribution in [-0.4, -0.2) is 55.5 Å². The van der Waals surface area contributed by atoms with Crippen molar-refractivity contribution in [2.24, 2.45) is 0 Å². The molecule has 0 saturated carbocycles. The third-order valence-corrected chi connectivity index (χ3v) is 4.88. The van der Waals surface area contributed by atoms with Gasteiger partial charge in [-0.25, -0.2) is 8.42 Å². The minimum absolute atomic E-state index is 0.0231. The summed E-state index contributed by atoms with van der Waals surface area (Å²) in [6, 6.07) is 0. The molecule has 3 N–H and O–H groups in total. The third kappa shape index (κ3) is 6.02. The average Bonchev–Trinajstić information content (AvgIpc) is 2.51. The fourth-order valence-corrected chi connectivity index (χ4v) is 4.15. The molecule has 0 aromatic carbocycles. The molecular weight excluding hydrogens is 272 g/mol. The molecule has 1 aliphatic heterocycles. The van der Waals surface area contributed by atoms with Crippen molar-refractivity contribution in [3.63, 3.8) is 0 Å². The lowest BCUT2D eigenvalue weighted by molar-refractivity contribution is -0.137. The van der Waals surface area contributed by atoms with Crippen molar-refractivity contribution in [2.75, 3.05) is 24.6 Å². The Labute approximate surface area is 112 Å². The Morgan fingerprint density at radius 2 is 2.05 bits per heavy atom. The van der Waals surface area contributed by atoms with Crippen LogP contribution in [0, 0.1) is 0 Å². The molecule has 0 aromatic rings. The van der Waals surface area contributed by atoms with Gasteiger partial charge in [0, 0.05) is 6.42 Å². The number of hydrogen-bond acceptors (Lipinski definition) is 5. The molecule has 1 rings (SSSR count). The zero-order chi connectivity index (χ0) is 14.5. The van der Waals surface area contributed by atoms with Crippen molar-refractivity contribution in [3.05, 3.63) is 0 Å². The number of hydrogen-bond donors (Lipinski definition) is 3. The zero-order valence-corrected chi connectivity index (χ0v) is 11.8. The van der Waals surface area contributed by atoms with E-state index in [1.807, 2.05) is 0 Å². The van der Waals surface area contributed by atoms with Crippen molar-refractivity contribution in [1.82, 2.24) is 10.6 Å². The molecule has 110 valence electrons. The molecule has 1 amide bonds. The average molecular weight is 292 g/mol. The highest BCUT2D eigenvalue weighted by atomic mass is 32.2. The summed E-state index contributed by atoms with van der Waals surface area (Å²) < 4.78 is 22.7. The van der Waals surface area contributed by atoms with Gasteiger partial charge in [-0.2, -0.15) is 0 Å². The lowest BCUT2D eigenvalue weighted by Crippen LogP contribution is -2.49. The Bertz CT molecular complexity index is 448. The van der Waals surface area contributed by atoms with Crippen LogP contribution in [0.2, 0.25) is 0 Å². The molecule has 1 heterocycles. The topological polar surface area (TPSA) is 113 Å². The first-order valence-electron chi connectivity index (χ1n) is 6.16. The van der Waals surface area contributed by atoms with Crippen LogP contribution in [0.3, 0.4) is 0 Å². The van der Waals surface area contributed by atoms with Gasteiger partial charge in [-0.3, -0.25) is 9.59 Å². The Kier molecular flexibility index (Phi) is 5.30. The van der Waals surface area contributed by atoms with Gasteiger partial charge in [0.2, 0.25) is 5.91 Å². The number of carboxylic acid groups (broad SMARTS) is 1. The molecule has 1 fully saturated rings. The Morgan fingerprint density at radius 3 is 2.58 bits per heavy atom. The van der Waals surface area contributed by atoms with Gasteiger partial charge in [0.1, 0.15) is 0 Å². The number of carbonyl (C=O) groups is 2. The number of rotatable bonds is 7. The molecule has 1 unspecified atom stereocenters. The van der Waals surface area contributed by atoms with Crippen LogP contribution in [0.15, 0.2) is 0 Å². The number of amides is 1. The van der Waals surface area contributed by atoms with E-state index in [2.05, 4.69) is 10.6 Å². The predicted molar refractivity (Wildman–Crippen MR) is 69.6 cm³/mol. The summed E-state index contributed by atoms with van der Waals surface area (Å²) in [5.74, 6) is -1.05. The molecule has 0 spiro atoms. The smallest absolute Gasteiger partial charge is 0.303 e. The van der Waals surface area contributed by atoms with Crippen LogP contribution in [-0.2, 0) is 19.4 Å². The molecule has 1 atom stereocenters. The van der Waals surface area contributed by atoms with E-state index < -0.39 is 21.3 Å². The standard InChI is InChI=1S/C11H20N2O5S/c1-11(4-6-19(17,18)8-11)13-9(14)7-12-5-2-3-10(15)16/h12H,2-8H2,1H3,(H,13,14)(H,15,16). The fraction of sp³-hybridized carbons (Fsp3) is 0.818. The maximum absolute atomic E-state index is 11.6. The van der Waals surface area contributed by atoms with E-state index in [-0.39, 0.29) is 30.4 Å². The second kappa shape index (κ2) is 6.33. The summed E-state index contributed by atoms with van der Waals surface area (Å²) in [4.78, 5) is 21.9. The highest BCUT2D eigenvalue weighted by Gasteiger charge is 2.39. The van der Waals surface area contributed by atoms with Gasteiger partial charge in [0.15, 0.2) is 9.84 Å². The Hall–Kier alpha value is -1.15. The van der Waals surface area contributed by atoms with Crippen LogP contribution in [0.4, 0.5) is 0 Å². The van der Waals surface area contributed by atoms with Crippen molar-refractivity contribution in [1.29, 1.82) is 0 Å². The summed E-state index contributed by atoms with van der Waals surface area (Å²) in [6.07, 6.45) is 0.943. The SMILES string of the molecule is CC1(NC(=O)CNCCCC(=O)O)CCS(=O)(=O)C1. The van der Waals surface area contributed by atoms with E-state index >= 15 is 0 Å². The van der Waals surface area contributed by atoms with Crippen LogP contribution in [0.5, 0.6) is 0 Å². The van der Waals surface area contributed by atoms with Gasteiger partial charge in [-0.15, -0.1) is 0 Å². The molecule has 19 heavy (non-hydrogen) atoms. The van der Waals surface area contributed by atoms with E-state index in [9.17, 15) is 18.0 Å². The minimum Gasteiger partial charge on any atom is -0.481 e. The normalized spacial score (nSPS) is 25.1. The van der Waals surface area contributed by atoms with E-state index in [1.165, 1.54) is 0 Å². The molecule has 0 bridgehead atoms. The fourth-order valence-electron chi connectivity index (χ4n) is 2.06. The van der Waals surface area contributed by atoms with Crippen molar-refractivity contribution in [3.8, 4) is 0 Å². The number of sulfone groups is 1. The minimum atomic E-state index is -3.04. The van der Waals surface area contributed by atoms with Crippen LogP contribution in [0.25, 0.3) is 0 Å². The van der Waals surface area contributed by atoms with Gasteiger partial charge < -0.3 is 15.7 Å². The summed E-state index contributed by atoms with van der Waals surface area (Å²) in [5, 5.41) is 14.0. The summed E-state index contributed by atoms with van der Waals surface area (Å²) in [6.45, 7) is 2.23. The predicted octanol–water partition coefficient (Wildman–Crippen LogP) is -0.866. The van der Waals surface area contributed by atoms with Crippen molar-refractivity contribution >= 4 is 21.7 Å². The van der Waals surface area contributed by atoms with Crippen molar-refractivity contribution < 1.29 is 23.1 Å². The Morgan fingerprint density at radius 1 is 1.37 bits per heavy atom. The largest absolute Gasteiger partial charge is 0.481 e. The molecular formula is C11H20N2O5S. The van der Waals surface area contributed by atoms with Gasteiger partial charge >= 0.3 is 5.97 Å². The molecule has 0 aliphatic carbocycles. The van der Waals surface area contributed by atoms with Crippen LogP contribution < -0.4 is 10.6 Å². The third-order valence-electron chi connectivity index (χ3n) is 2.97. The monoisotopic (exact) mass is 292 g/mol. The second-order valence-corrected chi connectivity index (χ2v) is 7.31. The Balaban J connectivity index is 2.23. The molecule has 0 radical (unpaired) electrons. The number of carboxylic acids is 1. The first-order valence-corrected chi connectivity index (χ1v) is 7.99. The lowest BCUT2D eigenvalue weighted by Gasteiger charge is -2.23. The number of nitrogens with one attached hydrogen (secondary N) is 2. The first-order chi connectivity index (χ1) is 8.72. The van der Waals surface area contributed by atoms with Gasteiger partial charge in [-0.1, -0.05) is 0 Å². The maximum atomic E-state index is 11.6. The first kappa shape index (κ1) is 15.9. The quantitative estimate of drug-likeness (QED) is 0.526. The summed E-state index contributed by atoms with van der Waals surface area (Å²) >= 11 is 0. The zero-order valence-electron chi connectivity index (χ0n) is 10.9. The molecule has 1 saturated heterocycles. The molecule has 7 nitrogen and oxygen atoms in total.